The van der Waals surface area contributed by atoms with Gasteiger partial charge in [-0.15, -0.1) is 0 Å². The summed E-state index contributed by atoms with van der Waals surface area (Å²) >= 11 is 0. The van der Waals surface area contributed by atoms with Crippen molar-refractivity contribution in [1.29, 1.82) is 5.26 Å². The number of rotatable bonds is 8. The number of nitrogens with zero attached hydrogens (tertiary/aromatic N) is 3. The number of anilines is 1. The van der Waals surface area contributed by atoms with Crippen LogP contribution in [0.5, 0.6) is 0 Å². The molecule has 1 heterocycles. The molecule has 0 radical (unpaired) electrons. The van der Waals surface area contributed by atoms with Crippen LogP contribution in [0.3, 0.4) is 0 Å². The van der Waals surface area contributed by atoms with Crippen molar-refractivity contribution >= 4 is 23.5 Å². The predicted octanol–water partition coefficient (Wildman–Crippen LogP) is 7.98. The van der Waals surface area contributed by atoms with Gasteiger partial charge in [0.15, 0.2) is 5.78 Å². The van der Waals surface area contributed by atoms with Gasteiger partial charge in [-0.3, -0.25) is 14.5 Å². The first-order valence-electron chi connectivity index (χ1n) is 14.7. The zero-order valence-electron chi connectivity index (χ0n) is 24.8. The second-order valence-electron chi connectivity index (χ2n) is 11.6. The number of carbonyl (C=O) groups is 3. The molecule has 3 aromatic rings. The lowest BCUT2D eigenvalue weighted by molar-refractivity contribution is -0.140. The van der Waals surface area contributed by atoms with Gasteiger partial charge in [-0.25, -0.2) is 4.79 Å². The normalized spacial score (nSPS) is 18.2. The second kappa shape index (κ2) is 12.6. The molecular formula is C35H32F3N3O4. The van der Waals surface area contributed by atoms with E-state index in [1.807, 2.05) is 6.07 Å². The fourth-order valence-electron chi connectivity index (χ4n) is 6.61. The molecule has 1 saturated carbocycles. The Hall–Kier alpha value is -4.91. The summed E-state index contributed by atoms with van der Waals surface area (Å²) in [5.74, 6) is -1.85. The minimum atomic E-state index is -4.64. The number of Topliss-reactive ketones (excluding diaryl/α,β-unsaturated/α-hetero) is 1. The summed E-state index contributed by atoms with van der Waals surface area (Å²) in [6.07, 6.45) is -0.965. The maximum atomic E-state index is 14.3. The number of hydrogen-bond acceptors (Lipinski definition) is 4. The number of amides is 2. The number of nitriles is 1. The second-order valence-corrected chi connectivity index (χ2v) is 11.6. The molecule has 232 valence electrons. The summed E-state index contributed by atoms with van der Waals surface area (Å²) in [6, 6.07) is 18.4. The van der Waals surface area contributed by atoms with Crippen molar-refractivity contribution < 1.29 is 32.7 Å². The molecule has 0 saturated heterocycles. The van der Waals surface area contributed by atoms with Gasteiger partial charge in [-0.2, -0.15) is 18.4 Å². The van der Waals surface area contributed by atoms with Crippen molar-refractivity contribution in [2.45, 2.75) is 64.2 Å². The quantitative estimate of drug-likeness (QED) is 0.277. The number of hydrogen-bond donors (Lipinski definition) is 1. The number of halogens is 3. The molecule has 1 aliphatic carbocycles. The first kappa shape index (κ1) is 31.5. The number of benzene rings is 3. The Morgan fingerprint density at radius 2 is 1.67 bits per heavy atom. The first-order chi connectivity index (χ1) is 21.4. The van der Waals surface area contributed by atoms with Gasteiger partial charge < -0.3 is 10.0 Å². The maximum Gasteiger partial charge on any atom is 0.416 e. The van der Waals surface area contributed by atoms with Crippen LogP contribution in [0.1, 0.15) is 79.3 Å². The lowest BCUT2D eigenvalue weighted by Crippen LogP contribution is -2.50. The average Bonchev–Trinajstić information content (AvgIpc) is 3.53. The SMILES string of the molecule is CC(=O)C1=C(C)N(c2cccc(C(F)(F)F)c2)C(=O)N(Cc2ccc(C(C(=O)O)C3CCCC3)cc2)C1c1ccc(C#N)cc1. The van der Waals surface area contributed by atoms with Gasteiger partial charge in [0, 0.05) is 17.8 Å². The molecule has 2 amide bonds. The van der Waals surface area contributed by atoms with Crippen LogP contribution in [-0.2, 0) is 22.3 Å². The fourth-order valence-corrected chi connectivity index (χ4v) is 6.61. The molecule has 1 fully saturated rings. The number of alkyl halides is 3. The molecule has 45 heavy (non-hydrogen) atoms. The lowest BCUT2D eigenvalue weighted by atomic mass is 9.84. The van der Waals surface area contributed by atoms with Gasteiger partial charge in [-0.05, 0) is 79.6 Å². The third-order valence-electron chi connectivity index (χ3n) is 8.74. The topological polar surface area (TPSA) is 102 Å². The average molecular weight is 616 g/mol. The highest BCUT2D eigenvalue weighted by Crippen LogP contribution is 2.42. The molecule has 2 atom stereocenters. The number of carboxylic acids is 1. The van der Waals surface area contributed by atoms with Crippen LogP contribution >= 0.6 is 0 Å². The van der Waals surface area contributed by atoms with Gasteiger partial charge in [0.1, 0.15) is 0 Å². The predicted molar refractivity (Wildman–Crippen MR) is 161 cm³/mol. The van der Waals surface area contributed by atoms with E-state index in [2.05, 4.69) is 0 Å². The minimum Gasteiger partial charge on any atom is -0.481 e. The van der Waals surface area contributed by atoms with E-state index in [9.17, 15) is 37.9 Å². The minimum absolute atomic E-state index is 0.0233. The smallest absolute Gasteiger partial charge is 0.416 e. The summed E-state index contributed by atoms with van der Waals surface area (Å²) < 4.78 is 40.9. The van der Waals surface area contributed by atoms with Crippen LogP contribution in [0.4, 0.5) is 23.7 Å². The third kappa shape index (κ3) is 6.34. The van der Waals surface area contributed by atoms with Crippen LogP contribution in [-0.4, -0.2) is 27.8 Å². The Kier molecular flexibility index (Phi) is 8.82. The molecule has 2 unspecified atom stereocenters. The Morgan fingerprint density at radius 1 is 1.02 bits per heavy atom. The van der Waals surface area contributed by atoms with Gasteiger partial charge in [0.25, 0.3) is 0 Å². The van der Waals surface area contributed by atoms with Gasteiger partial charge >= 0.3 is 18.2 Å². The summed E-state index contributed by atoms with van der Waals surface area (Å²) in [4.78, 5) is 42.3. The molecule has 0 bridgehead atoms. The van der Waals surface area contributed by atoms with Crippen molar-refractivity contribution in [3.05, 3.63) is 112 Å². The lowest BCUT2D eigenvalue weighted by Gasteiger charge is -2.43. The molecular weight excluding hydrogens is 583 g/mol. The summed E-state index contributed by atoms with van der Waals surface area (Å²) in [5, 5.41) is 19.3. The number of allylic oxidation sites excluding steroid dienone is 1. The highest BCUT2D eigenvalue weighted by Gasteiger charge is 2.42. The van der Waals surface area contributed by atoms with Crippen molar-refractivity contribution in [2.75, 3.05) is 4.90 Å². The molecule has 1 aliphatic heterocycles. The van der Waals surface area contributed by atoms with Gasteiger partial charge in [-0.1, -0.05) is 55.3 Å². The van der Waals surface area contributed by atoms with E-state index in [1.54, 1.807) is 48.5 Å². The number of ketones is 1. The van der Waals surface area contributed by atoms with E-state index in [0.717, 1.165) is 42.7 Å². The molecule has 5 rings (SSSR count). The molecule has 1 N–H and O–H groups in total. The largest absolute Gasteiger partial charge is 0.481 e. The van der Waals surface area contributed by atoms with Gasteiger partial charge in [0.05, 0.1) is 34.8 Å². The molecule has 0 spiro atoms. The standard InChI is InChI=1S/C35H32F3N3O4/c1-21-30(22(2)42)32(27-16-10-23(19-39)11-17-27)40(34(45)41(21)29-9-5-8-28(18-29)35(36,37)38)20-24-12-14-26(15-13-24)31(33(43)44)25-6-3-4-7-25/h5,8-18,25,31-32H,3-4,6-7,20H2,1-2H3,(H,43,44). The first-order valence-corrected chi connectivity index (χ1v) is 14.7. The number of carbonyl (C=O) groups excluding carboxylic acids is 2. The van der Waals surface area contributed by atoms with Crippen LogP contribution in [0.2, 0.25) is 0 Å². The summed E-state index contributed by atoms with van der Waals surface area (Å²) in [5.41, 5.74) is 1.70. The molecule has 0 aromatic heterocycles. The monoisotopic (exact) mass is 615 g/mol. The van der Waals surface area contributed by atoms with E-state index in [-0.39, 0.29) is 35.2 Å². The van der Waals surface area contributed by atoms with Crippen LogP contribution in [0, 0.1) is 17.2 Å². The zero-order chi connectivity index (χ0) is 32.5. The van der Waals surface area contributed by atoms with E-state index >= 15 is 0 Å². The van der Waals surface area contributed by atoms with Crippen molar-refractivity contribution in [1.82, 2.24) is 4.90 Å². The molecule has 10 heteroatoms. The number of carboxylic acid groups (broad SMARTS) is 1. The van der Waals surface area contributed by atoms with Crippen molar-refractivity contribution in [3.63, 3.8) is 0 Å². The molecule has 3 aromatic carbocycles. The van der Waals surface area contributed by atoms with E-state index < -0.39 is 35.7 Å². The summed E-state index contributed by atoms with van der Waals surface area (Å²) in [7, 11) is 0. The van der Waals surface area contributed by atoms with E-state index in [0.29, 0.717) is 22.3 Å². The summed E-state index contributed by atoms with van der Waals surface area (Å²) in [6.45, 7) is 2.86. The highest BCUT2D eigenvalue weighted by molar-refractivity contribution is 6.04. The van der Waals surface area contributed by atoms with Gasteiger partial charge in [0.2, 0.25) is 0 Å². The van der Waals surface area contributed by atoms with Crippen LogP contribution in [0.15, 0.2) is 84.1 Å². The number of urea groups is 1. The number of aliphatic carboxylic acids is 1. The highest BCUT2D eigenvalue weighted by atomic mass is 19.4. The van der Waals surface area contributed by atoms with Crippen molar-refractivity contribution in [3.8, 4) is 6.07 Å². The molecule has 7 nitrogen and oxygen atoms in total. The Labute approximate surface area is 259 Å². The maximum absolute atomic E-state index is 14.3. The Bertz CT molecular complexity index is 1680. The Morgan fingerprint density at radius 3 is 2.22 bits per heavy atom. The molecule has 2 aliphatic rings. The van der Waals surface area contributed by atoms with Crippen LogP contribution in [0.25, 0.3) is 0 Å². The van der Waals surface area contributed by atoms with Crippen molar-refractivity contribution in [2.24, 2.45) is 5.92 Å². The zero-order valence-corrected chi connectivity index (χ0v) is 24.8. The van der Waals surface area contributed by atoms with E-state index in [4.69, 9.17) is 0 Å². The van der Waals surface area contributed by atoms with Crippen LogP contribution < -0.4 is 4.90 Å². The third-order valence-corrected chi connectivity index (χ3v) is 8.74. The fraction of sp³-hybridized carbons (Fsp3) is 0.314. The Balaban J connectivity index is 1.60. The van der Waals surface area contributed by atoms with E-state index in [1.165, 1.54) is 30.9 Å².